The van der Waals surface area contributed by atoms with Crippen molar-refractivity contribution in [3.63, 3.8) is 0 Å². The zero-order chi connectivity index (χ0) is 16.0. The molecule has 0 aliphatic heterocycles. The van der Waals surface area contributed by atoms with E-state index in [-0.39, 0.29) is 9.92 Å². The van der Waals surface area contributed by atoms with Gasteiger partial charge in [-0.25, -0.2) is 12.8 Å². The zero-order valence-corrected chi connectivity index (χ0v) is 14.2. The number of hydrogen-bond donors (Lipinski definition) is 1. The second-order valence-electron chi connectivity index (χ2n) is 4.81. The molecule has 0 aromatic heterocycles. The van der Waals surface area contributed by atoms with Gasteiger partial charge in [0.1, 0.15) is 5.82 Å². The average molecular weight is 337 g/mol. The summed E-state index contributed by atoms with van der Waals surface area (Å²) in [5, 5.41) is 2.81. The molecule has 0 amide bonds. The van der Waals surface area contributed by atoms with Crippen LogP contribution in [0.3, 0.4) is 0 Å². The Bertz CT molecular complexity index is 573. The molecule has 1 N–H and O–H groups in total. The van der Waals surface area contributed by atoms with E-state index in [1.54, 1.807) is 7.05 Å². The number of benzene rings is 1. The van der Waals surface area contributed by atoms with Crippen LogP contribution in [0.1, 0.15) is 32.3 Å². The average Bonchev–Trinajstić information content (AvgIpc) is 2.43. The Morgan fingerprint density at radius 2 is 1.81 bits per heavy atom. The van der Waals surface area contributed by atoms with Crippen molar-refractivity contribution in [2.75, 3.05) is 20.1 Å². The maximum absolute atomic E-state index is 13.9. The molecule has 0 aliphatic carbocycles. The van der Waals surface area contributed by atoms with Crippen LogP contribution in [0.15, 0.2) is 17.0 Å². The molecule has 0 bridgehead atoms. The molecular weight excluding hydrogens is 315 g/mol. The first-order valence-corrected chi connectivity index (χ1v) is 8.82. The topological polar surface area (TPSA) is 49.4 Å². The normalized spacial score (nSPS) is 12.1. The minimum atomic E-state index is -3.70. The van der Waals surface area contributed by atoms with Crippen LogP contribution in [-0.2, 0) is 16.6 Å². The fraction of sp³-hybridized carbons (Fsp3) is 0.571. The SMILES string of the molecule is CCCN(CCC)S(=O)(=O)c1cc(F)c(Cl)c(CNC)c1. The number of halogens is 2. The molecule has 0 saturated carbocycles. The lowest BCUT2D eigenvalue weighted by Gasteiger charge is -2.21. The van der Waals surface area contributed by atoms with Crippen LogP contribution < -0.4 is 5.32 Å². The van der Waals surface area contributed by atoms with E-state index in [1.807, 2.05) is 13.8 Å². The lowest BCUT2D eigenvalue weighted by Crippen LogP contribution is -2.32. The van der Waals surface area contributed by atoms with Crippen LogP contribution in [0.25, 0.3) is 0 Å². The first kappa shape index (κ1) is 18.4. The third-order valence-corrected chi connectivity index (χ3v) is 5.33. The number of hydrogen-bond acceptors (Lipinski definition) is 3. The molecule has 1 aromatic carbocycles. The first-order chi connectivity index (χ1) is 9.88. The predicted molar refractivity (Wildman–Crippen MR) is 83.5 cm³/mol. The Morgan fingerprint density at radius 1 is 1.24 bits per heavy atom. The van der Waals surface area contributed by atoms with Gasteiger partial charge in [0.25, 0.3) is 0 Å². The van der Waals surface area contributed by atoms with E-state index in [1.165, 1.54) is 10.4 Å². The predicted octanol–water partition coefficient (Wildman–Crippen LogP) is 3.01. The van der Waals surface area contributed by atoms with Gasteiger partial charge in [0.05, 0.1) is 9.92 Å². The monoisotopic (exact) mass is 336 g/mol. The Kier molecular flexibility index (Phi) is 7.06. The highest BCUT2D eigenvalue weighted by atomic mass is 35.5. The molecule has 21 heavy (non-hydrogen) atoms. The van der Waals surface area contributed by atoms with E-state index in [2.05, 4.69) is 5.32 Å². The van der Waals surface area contributed by atoms with Crippen molar-refractivity contribution >= 4 is 21.6 Å². The van der Waals surface area contributed by atoms with E-state index in [9.17, 15) is 12.8 Å². The fourth-order valence-corrected chi connectivity index (χ4v) is 3.95. The Labute approximate surface area is 131 Å². The highest BCUT2D eigenvalue weighted by molar-refractivity contribution is 7.89. The molecule has 120 valence electrons. The lowest BCUT2D eigenvalue weighted by molar-refractivity contribution is 0.409. The van der Waals surface area contributed by atoms with Gasteiger partial charge in [-0.15, -0.1) is 0 Å². The summed E-state index contributed by atoms with van der Waals surface area (Å²) in [6, 6.07) is 2.44. The molecule has 0 fully saturated rings. The summed E-state index contributed by atoms with van der Waals surface area (Å²) in [5.74, 6) is -0.712. The van der Waals surface area contributed by atoms with Crippen molar-refractivity contribution in [1.82, 2.24) is 9.62 Å². The maximum Gasteiger partial charge on any atom is 0.243 e. The highest BCUT2D eigenvalue weighted by Gasteiger charge is 2.25. The van der Waals surface area contributed by atoms with Gasteiger partial charge in [-0.3, -0.25) is 0 Å². The summed E-state index contributed by atoms with van der Waals surface area (Å²) in [7, 11) is -2.01. The minimum Gasteiger partial charge on any atom is -0.316 e. The lowest BCUT2D eigenvalue weighted by atomic mass is 10.2. The van der Waals surface area contributed by atoms with Gasteiger partial charge in [-0.05, 0) is 37.6 Å². The van der Waals surface area contributed by atoms with Crippen molar-refractivity contribution in [1.29, 1.82) is 0 Å². The molecule has 0 heterocycles. The summed E-state index contributed by atoms with van der Waals surface area (Å²) in [6.45, 7) is 4.96. The van der Waals surface area contributed by atoms with Crippen molar-refractivity contribution in [2.24, 2.45) is 0 Å². The van der Waals surface area contributed by atoms with Crippen LogP contribution >= 0.6 is 11.6 Å². The first-order valence-electron chi connectivity index (χ1n) is 7.01. The van der Waals surface area contributed by atoms with Crippen molar-refractivity contribution in [3.05, 3.63) is 28.5 Å². The van der Waals surface area contributed by atoms with Crippen molar-refractivity contribution in [3.8, 4) is 0 Å². The Hall–Kier alpha value is -0.690. The standard InChI is InChI=1S/C14H22ClFN2O2S/c1-4-6-18(7-5-2)21(19,20)12-8-11(10-17-3)14(15)13(16)9-12/h8-9,17H,4-7,10H2,1-3H3. The summed E-state index contributed by atoms with van der Waals surface area (Å²) in [6.07, 6.45) is 1.41. The maximum atomic E-state index is 13.9. The number of nitrogens with zero attached hydrogens (tertiary/aromatic N) is 1. The quantitative estimate of drug-likeness (QED) is 0.794. The molecule has 7 heteroatoms. The van der Waals surface area contributed by atoms with Crippen LogP contribution in [0.4, 0.5) is 4.39 Å². The molecule has 1 aromatic rings. The number of nitrogens with one attached hydrogen (secondary N) is 1. The summed E-state index contributed by atoms with van der Waals surface area (Å²) >= 11 is 5.87. The summed E-state index contributed by atoms with van der Waals surface area (Å²) in [5.41, 5.74) is 0.436. The molecule has 0 aliphatic rings. The summed E-state index contributed by atoms with van der Waals surface area (Å²) in [4.78, 5) is -0.0449. The smallest absolute Gasteiger partial charge is 0.243 e. The molecule has 0 atom stereocenters. The molecule has 1 rings (SSSR count). The zero-order valence-electron chi connectivity index (χ0n) is 12.6. The second kappa shape index (κ2) is 8.08. The van der Waals surface area contributed by atoms with Crippen LogP contribution in [0.2, 0.25) is 5.02 Å². The van der Waals surface area contributed by atoms with Gasteiger partial charge >= 0.3 is 0 Å². The number of sulfonamides is 1. The van der Waals surface area contributed by atoms with Crippen molar-refractivity contribution < 1.29 is 12.8 Å². The van der Waals surface area contributed by atoms with E-state index in [0.717, 1.165) is 6.07 Å². The third-order valence-electron chi connectivity index (χ3n) is 3.03. The number of rotatable bonds is 8. The van der Waals surface area contributed by atoms with E-state index in [4.69, 9.17) is 11.6 Å². The summed E-state index contributed by atoms with van der Waals surface area (Å²) < 4.78 is 40.5. The van der Waals surface area contributed by atoms with Gasteiger partial charge < -0.3 is 5.32 Å². The van der Waals surface area contributed by atoms with Gasteiger partial charge in [0.2, 0.25) is 10.0 Å². The Morgan fingerprint density at radius 3 is 2.29 bits per heavy atom. The van der Waals surface area contributed by atoms with E-state index >= 15 is 0 Å². The van der Waals surface area contributed by atoms with Crippen LogP contribution in [0.5, 0.6) is 0 Å². The molecule has 0 saturated heterocycles. The molecule has 4 nitrogen and oxygen atoms in total. The Balaban J connectivity index is 3.29. The van der Waals surface area contributed by atoms with Crippen LogP contribution in [0, 0.1) is 5.82 Å². The van der Waals surface area contributed by atoms with Crippen molar-refractivity contribution in [2.45, 2.75) is 38.1 Å². The van der Waals surface area contributed by atoms with Gasteiger partial charge in [0.15, 0.2) is 0 Å². The van der Waals surface area contributed by atoms with Crippen LogP contribution in [-0.4, -0.2) is 32.9 Å². The fourth-order valence-electron chi connectivity index (χ4n) is 2.09. The molecule has 0 unspecified atom stereocenters. The van der Waals surface area contributed by atoms with E-state index in [0.29, 0.717) is 38.0 Å². The van der Waals surface area contributed by atoms with Gasteiger partial charge in [0, 0.05) is 19.6 Å². The minimum absolute atomic E-state index is 0.0409. The molecular formula is C14H22ClFN2O2S. The van der Waals surface area contributed by atoms with E-state index < -0.39 is 15.8 Å². The largest absolute Gasteiger partial charge is 0.316 e. The molecule has 0 spiro atoms. The third kappa shape index (κ3) is 4.39. The second-order valence-corrected chi connectivity index (χ2v) is 7.13. The van der Waals surface area contributed by atoms with Gasteiger partial charge in [-0.2, -0.15) is 4.31 Å². The molecule has 0 radical (unpaired) electrons. The highest BCUT2D eigenvalue weighted by Crippen LogP contribution is 2.26. The van der Waals surface area contributed by atoms with Gasteiger partial charge in [-0.1, -0.05) is 25.4 Å².